The van der Waals surface area contributed by atoms with Crippen LogP contribution in [0, 0.1) is 5.92 Å². The zero-order valence-corrected chi connectivity index (χ0v) is 13.3. The van der Waals surface area contributed by atoms with Crippen LogP contribution in [0.1, 0.15) is 32.1 Å². The van der Waals surface area contributed by atoms with Gasteiger partial charge in [0.2, 0.25) is 5.91 Å². The Morgan fingerprint density at radius 2 is 1.96 bits per heavy atom. The van der Waals surface area contributed by atoms with Crippen molar-refractivity contribution in [3.63, 3.8) is 0 Å². The van der Waals surface area contributed by atoms with Crippen LogP contribution < -0.4 is 11.1 Å². The molecular formula is C15H19F3N2O2S. The summed E-state index contributed by atoms with van der Waals surface area (Å²) < 4.78 is 48.9. The molecule has 23 heavy (non-hydrogen) atoms. The molecule has 4 nitrogen and oxygen atoms in total. The first-order chi connectivity index (χ1) is 10.8. The number of rotatable bonds is 3. The van der Waals surface area contributed by atoms with Gasteiger partial charge in [-0.25, -0.2) is 0 Å². The van der Waals surface area contributed by atoms with Crippen LogP contribution in [0.5, 0.6) is 0 Å². The van der Waals surface area contributed by atoms with Gasteiger partial charge in [0, 0.05) is 17.8 Å². The summed E-state index contributed by atoms with van der Waals surface area (Å²) in [5.41, 5.74) is 1.38. The summed E-state index contributed by atoms with van der Waals surface area (Å²) in [5.74, 6) is -0.649. The maximum atomic E-state index is 12.5. The van der Waals surface area contributed by atoms with Gasteiger partial charge < -0.3 is 15.6 Å². The molecule has 0 aromatic heterocycles. The molecule has 0 saturated heterocycles. The predicted molar refractivity (Wildman–Crippen MR) is 82.1 cm³/mol. The molecule has 0 heterocycles. The van der Waals surface area contributed by atoms with E-state index in [0.717, 1.165) is 37.8 Å². The van der Waals surface area contributed by atoms with Crippen LogP contribution in [0.15, 0.2) is 29.2 Å². The molecule has 1 saturated carbocycles. The molecule has 0 aliphatic heterocycles. The van der Waals surface area contributed by atoms with Crippen molar-refractivity contribution < 1.29 is 22.5 Å². The number of carbonyl (C=O) groups is 1. The monoisotopic (exact) mass is 348 g/mol. The van der Waals surface area contributed by atoms with Crippen LogP contribution in [0.4, 0.5) is 18.9 Å². The van der Waals surface area contributed by atoms with E-state index in [0.29, 0.717) is 6.42 Å². The summed E-state index contributed by atoms with van der Waals surface area (Å²) in [6, 6.07) is 4.77. The lowest BCUT2D eigenvalue weighted by Gasteiger charge is -2.20. The molecule has 1 aromatic carbocycles. The number of hydrogen-bond donors (Lipinski definition) is 2. The molecule has 8 heteroatoms. The van der Waals surface area contributed by atoms with Gasteiger partial charge in [0.1, 0.15) is 0 Å². The highest BCUT2D eigenvalue weighted by atomic mass is 32.2. The number of benzene rings is 1. The van der Waals surface area contributed by atoms with E-state index >= 15 is 0 Å². The van der Waals surface area contributed by atoms with Crippen molar-refractivity contribution >= 4 is 22.8 Å². The van der Waals surface area contributed by atoms with Crippen LogP contribution >= 0.6 is 0 Å². The number of nitrogens with two attached hydrogens (primary N) is 1. The molecule has 3 atom stereocenters. The molecule has 3 N–H and O–H groups in total. The fourth-order valence-corrected chi connectivity index (χ4v) is 3.42. The quantitative estimate of drug-likeness (QED) is 0.650. The second-order valence-corrected chi connectivity index (χ2v) is 7.11. The molecule has 0 radical (unpaired) electrons. The second-order valence-electron chi connectivity index (χ2n) is 5.64. The first kappa shape index (κ1) is 18.1. The molecule has 128 valence electrons. The van der Waals surface area contributed by atoms with Gasteiger partial charge in [0.15, 0.2) is 4.90 Å². The number of hydrogen-bond acceptors (Lipinski definition) is 3. The van der Waals surface area contributed by atoms with E-state index < -0.39 is 16.7 Å². The Labute approximate surface area is 135 Å². The summed E-state index contributed by atoms with van der Waals surface area (Å²) in [5, 5.41) is 2.60. The molecule has 0 bridgehead atoms. The standard InChI is InChI=1S/C15H19F3N2O2S/c16-15(17,18)23(22)11-6-4-5-10(9-11)20-14(21)12-7-2-1-3-8-13(12)19/h4-6,9,12-13H,1-3,7-8,19H2,(H,20,21). The fraction of sp³-hybridized carbons (Fsp3) is 0.533. The van der Waals surface area contributed by atoms with Gasteiger partial charge in [-0.1, -0.05) is 25.3 Å². The molecule has 1 aliphatic carbocycles. The summed E-state index contributed by atoms with van der Waals surface area (Å²) in [7, 11) is 0. The smallest absolute Gasteiger partial charge is 0.578 e. The third kappa shape index (κ3) is 4.86. The summed E-state index contributed by atoms with van der Waals surface area (Å²) >= 11 is -3.12. The van der Waals surface area contributed by atoms with Crippen molar-refractivity contribution in [1.29, 1.82) is 0 Å². The van der Waals surface area contributed by atoms with E-state index in [1.54, 1.807) is 0 Å². The molecule has 3 unspecified atom stereocenters. The zero-order valence-electron chi connectivity index (χ0n) is 12.4. The lowest BCUT2D eigenvalue weighted by atomic mass is 9.94. The third-order valence-corrected chi connectivity index (χ3v) is 5.03. The molecule has 1 aliphatic rings. The van der Waals surface area contributed by atoms with Crippen LogP contribution in [-0.4, -0.2) is 22.0 Å². The highest BCUT2D eigenvalue weighted by Crippen LogP contribution is 2.31. The fourth-order valence-electron chi connectivity index (χ4n) is 2.72. The predicted octanol–water partition coefficient (Wildman–Crippen LogP) is 3.16. The Morgan fingerprint density at radius 1 is 1.26 bits per heavy atom. The largest absolute Gasteiger partial charge is 0.604 e. The summed E-state index contributed by atoms with van der Waals surface area (Å²) in [4.78, 5) is 11.9. The van der Waals surface area contributed by atoms with Crippen LogP contribution in [0.25, 0.3) is 0 Å². The Bertz CT molecular complexity index is 554. The molecule has 2 rings (SSSR count). The topological polar surface area (TPSA) is 78.2 Å². The van der Waals surface area contributed by atoms with Crippen molar-refractivity contribution in [2.75, 3.05) is 5.32 Å². The Hall–Kier alpha value is -1.25. The van der Waals surface area contributed by atoms with E-state index in [1.807, 2.05) is 0 Å². The Balaban J connectivity index is 2.09. The van der Waals surface area contributed by atoms with Crippen molar-refractivity contribution in [3.05, 3.63) is 24.3 Å². The van der Waals surface area contributed by atoms with Gasteiger partial charge in [0.05, 0.1) is 17.1 Å². The highest BCUT2D eigenvalue weighted by Gasteiger charge is 2.46. The zero-order chi connectivity index (χ0) is 17.0. The van der Waals surface area contributed by atoms with Crippen LogP contribution in [0.2, 0.25) is 0 Å². The van der Waals surface area contributed by atoms with Crippen molar-refractivity contribution in [3.8, 4) is 0 Å². The number of nitrogens with one attached hydrogen (secondary N) is 1. The van der Waals surface area contributed by atoms with E-state index in [4.69, 9.17) is 5.73 Å². The van der Waals surface area contributed by atoms with E-state index in [2.05, 4.69) is 5.32 Å². The Kier molecular flexibility index (Phi) is 5.94. The Morgan fingerprint density at radius 3 is 2.65 bits per heavy atom. The van der Waals surface area contributed by atoms with Crippen molar-refractivity contribution in [2.24, 2.45) is 11.7 Å². The average molecular weight is 348 g/mol. The van der Waals surface area contributed by atoms with E-state index in [9.17, 15) is 22.5 Å². The lowest BCUT2D eigenvalue weighted by molar-refractivity contribution is -0.120. The second kappa shape index (κ2) is 7.55. The number of halogens is 3. The van der Waals surface area contributed by atoms with Crippen molar-refractivity contribution in [2.45, 2.75) is 48.5 Å². The summed E-state index contributed by atoms with van der Waals surface area (Å²) in [6.07, 6.45) is 4.34. The number of anilines is 1. The molecule has 1 aromatic rings. The summed E-state index contributed by atoms with van der Waals surface area (Å²) in [6.45, 7) is 0. The van der Waals surface area contributed by atoms with Gasteiger partial charge in [-0.15, -0.1) is 13.2 Å². The van der Waals surface area contributed by atoms with Gasteiger partial charge in [0.25, 0.3) is 0 Å². The molecule has 1 fully saturated rings. The number of alkyl halides is 3. The van der Waals surface area contributed by atoms with Crippen molar-refractivity contribution in [1.82, 2.24) is 0 Å². The van der Waals surface area contributed by atoms with E-state index in [1.165, 1.54) is 12.1 Å². The minimum absolute atomic E-state index is 0.196. The average Bonchev–Trinajstić information content (AvgIpc) is 2.70. The third-order valence-electron chi connectivity index (χ3n) is 3.93. The molecule has 1 amide bonds. The van der Waals surface area contributed by atoms with Crippen LogP contribution in [0.3, 0.4) is 0 Å². The van der Waals surface area contributed by atoms with Gasteiger partial charge >= 0.3 is 5.51 Å². The first-order valence-electron chi connectivity index (χ1n) is 7.44. The lowest BCUT2D eigenvalue weighted by Crippen LogP contribution is -2.37. The van der Waals surface area contributed by atoms with Crippen LogP contribution in [-0.2, 0) is 16.0 Å². The minimum atomic E-state index is -4.83. The maximum Gasteiger partial charge on any atom is 0.578 e. The molecule has 0 spiro atoms. The van der Waals surface area contributed by atoms with E-state index in [-0.39, 0.29) is 28.4 Å². The molecular weight excluding hydrogens is 329 g/mol. The number of amides is 1. The normalized spacial score (nSPS) is 23.9. The maximum absolute atomic E-state index is 12.5. The minimum Gasteiger partial charge on any atom is -0.604 e. The van der Waals surface area contributed by atoms with Gasteiger partial charge in [-0.2, -0.15) is 0 Å². The first-order valence-corrected chi connectivity index (χ1v) is 8.59. The van der Waals surface area contributed by atoms with Gasteiger partial charge in [-0.05, 0) is 25.0 Å². The highest BCUT2D eigenvalue weighted by molar-refractivity contribution is 7.92. The number of carbonyl (C=O) groups excluding carboxylic acids is 1. The van der Waals surface area contributed by atoms with Gasteiger partial charge in [-0.3, -0.25) is 4.79 Å². The SMILES string of the molecule is NC1CCCCCC1C(=O)Nc1cccc([S+]([O-])C(F)(F)F)c1.